The van der Waals surface area contributed by atoms with Gasteiger partial charge in [0, 0.05) is 17.7 Å². The number of anilines is 1. The summed E-state index contributed by atoms with van der Waals surface area (Å²) in [6.45, 7) is 0. The molecule has 1 aliphatic heterocycles. The van der Waals surface area contributed by atoms with E-state index in [4.69, 9.17) is 28.2 Å². The van der Waals surface area contributed by atoms with E-state index in [1.54, 1.807) is 24.3 Å². The van der Waals surface area contributed by atoms with Crippen LogP contribution in [0.25, 0.3) is 17.4 Å². The lowest BCUT2D eigenvalue weighted by Gasteiger charge is -2.14. The Balaban J connectivity index is 1.62. The number of rotatable bonds is 4. The number of nitrogens with zero attached hydrogens (tertiary/aromatic N) is 2. The summed E-state index contributed by atoms with van der Waals surface area (Å²) in [7, 11) is 0. The van der Waals surface area contributed by atoms with Crippen LogP contribution < -0.4 is 4.90 Å². The Kier molecular flexibility index (Phi) is 5.42. The number of carbonyl (C=O) groups excluding carboxylic acids is 1. The van der Waals surface area contributed by atoms with E-state index >= 15 is 0 Å². The minimum absolute atomic E-state index is 0.0246. The molecule has 0 saturated carbocycles. The van der Waals surface area contributed by atoms with Gasteiger partial charge in [-0.3, -0.25) is 19.8 Å². The van der Waals surface area contributed by atoms with Crippen molar-refractivity contribution < 1.29 is 18.5 Å². The first-order valence-corrected chi connectivity index (χ1v) is 10.0. The number of hydrogen-bond acceptors (Lipinski definition) is 6. The Morgan fingerprint density at radius 2 is 2.00 bits per heavy atom. The second-order valence-corrected chi connectivity index (χ2v) is 8.21. The van der Waals surface area contributed by atoms with Crippen LogP contribution in [0.4, 0.5) is 15.8 Å². The molecular weight excluding hydrogens is 451 g/mol. The third-order valence-corrected chi connectivity index (χ3v) is 5.81. The summed E-state index contributed by atoms with van der Waals surface area (Å²) in [4.78, 5) is 24.8. The number of furan rings is 1. The van der Waals surface area contributed by atoms with Gasteiger partial charge in [0.05, 0.1) is 15.5 Å². The highest BCUT2D eigenvalue weighted by Crippen LogP contribution is 2.37. The SMILES string of the molecule is O=C1/C(=C\c2ccc(-c3ccc(Cl)c([N+](=O)[O-])c3)o2)SC(=S)N1c1cccc(F)c1. The van der Waals surface area contributed by atoms with Crippen LogP contribution in [0.5, 0.6) is 0 Å². The monoisotopic (exact) mass is 460 g/mol. The number of halogens is 2. The van der Waals surface area contributed by atoms with Gasteiger partial charge in [0.1, 0.15) is 22.4 Å². The first-order valence-electron chi connectivity index (χ1n) is 8.41. The summed E-state index contributed by atoms with van der Waals surface area (Å²) in [5.74, 6) is -0.127. The molecule has 0 atom stereocenters. The van der Waals surface area contributed by atoms with E-state index in [-0.39, 0.29) is 15.0 Å². The molecule has 4 rings (SSSR count). The molecule has 1 aromatic heterocycles. The molecule has 2 aromatic carbocycles. The van der Waals surface area contributed by atoms with Gasteiger partial charge in [-0.15, -0.1) is 0 Å². The zero-order valence-corrected chi connectivity index (χ0v) is 17.3. The number of hydrogen-bond donors (Lipinski definition) is 0. The highest BCUT2D eigenvalue weighted by atomic mass is 35.5. The molecule has 0 unspecified atom stereocenters. The molecule has 3 aromatic rings. The highest BCUT2D eigenvalue weighted by Gasteiger charge is 2.33. The van der Waals surface area contributed by atoms with E-state index in [0.717, 1.165) is 11.8 Å². The molecule has 1 fully saturated rings. The predicted molar refractivity (Wildman–Crippen MR) is 118 cm³/mol. The largest absolute Gasteiger partial charge is 0.457 e. The Morgan fingerprint density at radius 1 is 1.20 bits per heavy atom. The fourth-order valence-electron chi connectivity index (χ4n) is 2.83. The van der Waals surface area contributed by atoms with E-state index in [0.29, 0.717) is 27.7 Å². The molecule has 0 spiro atoms. The summed E-state index contributed by atoms with van der Waals surface area (Å²) in [6.07, 6.45) is 1.52. The van der Waals surface area contributed by atoms with Crippen LogP contribution in [0.3, 0.4) is 0 Å². The molecule has 6 nitrogen and oxygen atoms in total. The van der Waals surface area contributed by atoms with Crippen LogP contribution >= 0.6 is 35.6 Å². The van der Waals surface area contributed by atoms with Crippen molar-refractivity contribution in [3.05, 3.63) is 86.2 Å². The Hall–Kier alpha value is -3.01. The third-order valence-electron chi connectivity index (χ3n) is 4.19. The summed E-state index contributed by atoms with van der Waals surface area (Å²) in [5.41, 5.74) is 0.579. The van der Waals surface area contributed by atoms with Crippen LogP contribution in [-0.4, -0.2) is 15.2 Å². The van der Waals surface area contributed by atoms with Crippen molar-refractivity contribution in [2.24, 2.45) is 0 Å². The zero-order chi connectivity index (χ0) is 21.4. The predicted octanol–water partition coefficient (Wildman–Crippen LogP) is 6.05. The van der Waals surface area contributed by atoms with E-state index in [1.807, 2.05) is 0 Å². The normalized spacial score (nSPS) is 15.3. The second kappa shape index (κ2) is 8.02. The molecule has 0 N–H and O–H groups in total. The highest BCUT2D eigenvalue weighted by molar-refractivity contribution is 8.27. The van der Waals surface area contributed by atoms with E-state index < -0.39 is 16.6 Å². The first-order chi connectivity index (χ1) is 14.3. The Bertz CT molecular complexity index is 1240. The quantitative estimate of drug-likeness (QED) is 0.204. The molecule has 2 heterocycles. The van der Waals surface area contributed by atoms with Crippen molar-refractivity contribution >= 4 is 63.3 Å². The van der Waals surface area contributed by atoms with Crippen LogP contribution in [0, 0.1) is 15.9 Å². The fraction of sp³-hybridized carbons (Fsp3) is 0. The molecule has 0 radical (unpaired) electrons. The molecule has 1 saturated heterocycles. The maximum atomic E-state index is 13.5. The van der Waals surface area contributed by atoms with Crippen LogP contribution in [0.15, 0.2) is 63.9 Å². The molecule has 150 valence electrons. The average molecular weight is 461 g/mol. The van der Waals surface area contributed by atoms with E-state index in [2.05, 4.69) is 0 Å². The Morgan fingerprint density at radius 3 is 2.73 bits per heavy atom. The van der Waals surface area contributed by atoms with Crippen molar-refractivity contribution in [1.82, 2.24) is 0 Å². The van der Waals surface area contributed by atoms with Crippen molar-refractivity contribution in [1.29, 1.82) is 0 Å². The number of thiocarbonyl (C=S) groups is 1. The van der Waals surface area contributed by atoms with Crippen molar-refractivity contribution in [3.8, 4) is 11.3 Å². The number of benzene rings is 2. The third kappa shape index (κ3) is 3.87. The van der Waals surface area contributed by atoms with Crippen LogP contribution in [0.1, 0.15) is 5.76 Å². The average Bonchev–Trinajstić information content (AvgIpc) is 3.26. The first kappa shape index (κ1) is 20.3. The van der Waals surface area contributed by atoms with Crippen molar-refractivity contribution in [2.45, 2.75) is 0 Å². The van der Waals surface area contributed by atoms with E-state index in [9.17, 15) is 19.3 Å². The van der Waals surface area contributed by atoms with Gasteiger partial charge in [-0.05, 0) is 42.5 Å². The lowest BCUT2D eigenvalue weighted by molar-refractivity contribution is -0.384. The number of nitro groups is 1. The van der Waals surface area contributed by atoms with Gasteiger partial charge < -0.3 is 4.42 Å². The van der Waals surface area contributed by atoms with Crippen LogP contribution in [-0.2, 0) is 4.79 Å². The van der Waals surface area contributed by atoms with Crippen molar-refractivity contribution in [3.63, 3.8) is 0 Å². The van der Waals surface area contributed by atoms with Gasteiger partial charge in [0.25, 0.3) is 11.6 Å². The van der Waals surface area contributed by atoms with Gasteiger partial charge in [-0.2, -0.15) is 0 Å². The molecule has 0 aliphatic carbocycles. The molecular formula is C20H10ClFN2O4S2. The van der Waals surface area contributed by atoms with Gasteiger partial charge in [0.15, 0.2) is 4.32 Å². The van der Waals surface area contributed by atoms with Gasteiger partial charge in [-0.25, -0.2) is 4.39 Å². The van der Waals surface area contributed by atoms with Gasteiger partial charge in [-0.1, -0.05) is 41.6 Å². The number of nitro benzene ring substituents is 1. The topological polar surface area (TPSA) is 76.6 Å². The van der Waals surface area contributed by atoms with Gasteiger partial charge >= 0.3 is 0 Å². The fourth-order valence-corrected chi connectivity index (χ4v) is 4.29. The molecule has 10 heteroatoms. The summed E-state index contributed by atoms with van der Waals surface area (Å²) < 4.78 is 19.5. The van der Waals surface area contributed by atoms with Crippen LogP contribution in [0.2, 0.25) is 5.02 Å². The van der Waals surface area contributed by atoms with E-state index in [1.165, 1.54) is 41.3 Å². The number of carbonyl (C=O) groups is 1. The zero-order valence-electron chi connectivity index (χ0n) is 14.9. The smallest absolute Gasteiger partial charge is 0.288 e. The Labute approximate surface area is 184 Å². The number of amides is 1. The summed E-state index contributed by atoms with van der Waals surface area (Å²) >= 11 is 12.2. The molecule has 30 heavy (non-hydrogen) atoms. The standard InChI is InChI=1S/C20H10ClFN2O4S2/c21-15-6-4-11(8-16(15)24(26)27)17-7-5-14(28-17)10-18-19(25)23(20(29)30-18)13-3-1-2-12(22)9-13/h1-10H/b18-10+. The minimum atomic E-state index is -0.576. The summed E-state index contributed by atoms with van der Waals surface area (Å²) in [5, 5.41) is 11.1. The number of thioether (sulfide) groups is 1. The van der Waals surface area contributed by atoms with Crippen molar-refractivity contribution in [2.75, 3.05) is 4.90 Å². The molecule has 1 aliphatic rings. The molecule has 0 bridgehead atoms. The molecule has 1 amide bonds. The maximum Gasteiger partial charge on any atom is 0.288 e. The lowest BCUT2D eigenvalue weighted by Crippen LogP contribution is -2.27. The summed E-state index contributed by atoms with van der Waals surface area (Å²) in [6, 6.07) is 13.2. The van der Waals surface area contributed by atoms with Gasteiger partial charge in [0.2, 0.25) is 0 Å². The second-order valence-electron chi connectivity index (χ2n) is 6.12. The minimum Gasteiger partial charge on any atom is -0.457 e. The maximum absolute atomic E-state index is 13.5. The lowest BCUT2D eigenvalue weighted by atomic mass is 10.1.